The van der Waals surface area contributed by atoms with Crippen molar-refractivity contribution in [2.75, 3.05) is 19.0 Å². The normalized spacial score (nSPS) is 11.8. The van der Waals surface area contributed by atoms with Crippen LogP contribution in [0.4, 0.5) is 17.1 Å². The van der Waals surface area contributed by atoms with E-state index in [1.807, 2.05) is 43.3 Å². The molecular weight excluding hydrogens is 290 g/mol. The molecule has 1 N–H and O–H groups in total. The molecule has 21 heavy (non-hydrogen) atoms. The summed E-state index contributed by atoms with van der Waals surface area (Å²) in [6, 6.07) is 13.1. The Bertz CT molecular complexity index is 753. The highest BCUT2D eigenvalue weighted by molar-refractivity contribution is 7.85. The fraction of sp³-hybridized carbons (Fsp3) is 0.143. The van der Waals surface area contributed by atoms with Gasteiger partial charge in [-0.1, -0.05) is 6.07 Å². The molecular formula is C14H15N3O3S. The van der Waals surface area contributed by atoms with Crippen LogP contribution < -0.4 is 4.90 Å². The molecule has 0 aliphatic rings. The molecule has 0 amide bonds. The van der Waals surface area contributed by atoms with Crippen LogP contribution in [0.3, 0.4) is 0 Å². The highest BCUT2D eigenvalue weighted by Crippen LogP contribution is 2.23. The van der Waals surface area contributed by atoms with Crippen molar-refractivity contribution in [3.63, 3.8) is 0 Å². The molecule has 0 aromatic heterocycles. The van der Waals surface area contributed by atoms with E-state index in [0.29, 0.717) is 11.4 Å². The Hall–Kier alpha value is -2.25. The maximum absolute atomic E-state index is 10.9. The predicted molar refractivity (Wildman–Crippen MR) is 81.2 cm³/mol. The number of hydrogen-bond acceptors (Lipinski definition) is 5. The van der Waals surface area contributed by atoms with E-state index in [9.17, 15) is 8.42 Å². The van der Waals surface area contributed by atoms with Crippen molar-refractivity contribution in [3.8, 4) is 0 Å². The van der Waals surface area contributed by atoms with E-state index in [4.69, 9.17) is 4.55 Å². The Labute approximate surface area is 123 Å². The Morgan fingerprint density at radius 2 is 1.57 bits per heavy atom. The predicted octanol–water partition coefficient (Wildman–Crippen LogP) is 3.41. The largest absolute Gasteiger partial charge is 0.378 e. The summed E-state index contributed by atoms with van der Waals surface area (Å²) in [6.07, 6.45) is 0. The van der Waals surface area contributed by atoms with E-state index in [0.717, 1.165) is 5.69 Å². The van der Waals surface area contributed by atoms with Gasteiger partial charge in [-0.15, -0.1) is 0 Å². The van der Waals surface area contributed by atoms with Gasteiger partial charge in [-0.2, -0.15) is 18.6 Å². The molecule has 0 spiro atoms. The molecule has 7 heteroatoms. The SMILES string of the molecule is CN(C)c1cccc(/N=N/c2ccc(S(=O)(=O)O)cc2)c1. The topological polar surface area (TPSA) is 82.3 Å². The number of rotatable bonds is 4. The standard InChI is InChI=1S/C14H15N3O3S/c1-17(2)13-5-3-4-12(10-13)16-15-11-6-8-14(9-7-11)21(18,19)20/h3-10H,1-2H3,(H,18,19,20)/b16-15+. The second-order valence-electron chi connectivity index (χ2n) is 4.58. The fourth-order valence-electron chi connectivity index (χ4n) is 1.63. The first kappa shape index (κ1) is 15.1. The summed E-state index contributed by atoms with van der Waals surface area (Å²) in [5.74, 6) is 0. The molecule has 0 fully saturated rings. The average Bonchev–Trinajstić information content (AvgIpc) is 2.45. The van der Waals surface area contributed by atoms with Crippen molar-refractivity contribution >= 4 is 27.2 Å². The van der Waals surface area contributed by atoms with Gasteiger partial charge in [-0.25, -0.2) is 0 Å². The van der Waals surface area contributed by atoms with Crippen molar-refractivity contribution in [2.24, 2.45) is 10.2 Å². The van der Waals surface area contributed by atoms with Gasteiger partial charge < -0.3 is 4.90 Å². The number of azo groups is 1. The van der Waals surface area contributed by atoms with Crippen molar-refractivity contribution in [1.29, 1.82) is 0 Å². The van der Waals surface area contributed by atoms with Crippen LogP contribution >= 0.6 is 0 Å². The molecule has 0 bridgehead atoms. The molecule has 0 aliphatic carbocycles. The van der Waals surface area contributed by atoms with Gasteiger partial charge in [0.05, 0.1) is 16.3 Å². The molecule has 0 radical (unpaired) electrons. The summed E-state index contributed by atoms with van der Waals surface area (Å²) in [5.41, 5.74) is 2.20. The summed E-state index contributed by atoms with van der Waals surface area (Å²) >= 11 is 0. The third kappa shape index (κ3) is 4.11. The molecule has 0 aliphatic heterocycles. The molecule has 0 unspecified atom stereocenters. The van der Waals surface area contributed by atoms with E-state index >= 15 is 0 Å². The minimum atomic E-state index is -4.18. The van der Waals surface area contributed by atoms with Gasteiger partial charge in [-0.05, 0) is 42.5 Å². The quantitative estimate of drug-likeness (QED) is 0.693. The van der Waals surface area contributed by atoms with Crippen LogP contribution in [-0.4, -0.2) is 27.1 Å². The van der Waals surface area contributed by atoms with Crippen LogP contribution in [0.2, 0.25) is 0 Å². The monoisotopic (exact) mass is 305 g/mol. The summed E-state index contributed by atoms with van der Waals surface area (Å²) in [5, 5.41) is 8.13. The molecule has 110 valence electrons. The van der Waals surface area contributed by atoms with Crippen LogP contribution in [0, 0.1) is 0 Å². The average molecular weight is 305 g/mol. The Morgan fingerprint density at radius 3 is 2.14 bits per heavy atom. The smallest absolute Gasteiger partial charge is 0.294 e. The maximum Gasteiger partial charge on any atom is 0.294 e. The second kappa shape index (κ2) is 6.02. The Balaban J connectivity index is 2.20. The van der Waals surface area contributed by atoms with E-state index in [2.05, 4.69) is 10.2 Å². The third-order valence-electron chi connectivity index (χ3n) is 2.76. The molecule has 2 aromatic carbocycles. The maximum atomic E-state index is 10.9. The van der Waals surface area contributed by atoms with Gasteiger partial charge in [0.1, 0.15) is 0 Å². The summed E-state index contributed by atoms with van der Waals surface area (Å²) < 4.78 is 30.7. The Morgan fingerprint density at radius 1 is 0.952 bits per heavy atom. The van der Waals surface area contributed by atoms with Crippen LogP contribution in [0.15, 0.2) is 63.7 Å². The first-order valence-corrected chi connectivity index (χ1v) is 7.57. The molecule has 2 aromatic rings. The van der Waals surface area contributed by atoms with Gasteiger partial charge in [0.2, 0.25) is 0 Å². The van der Waals surface area contributed by atoms with Crippen LogP contribution in [-0.2, 0) is 10.1 Å². The lowest BCUT2D eigenvalue weighted by Crippen LogP contribution is -2.07. The van der Waals surface area contributed by atoms with Crippen LogP contribution in [0.1, 0.15) is 0 Å². The van der Waals surface area contributed by atoms with E-state index in [1.54, 1.807) is 0 Å². The van der Waals surface area contributed by atoms with E-state index in [-0.39, 0.29) is 4.90 Å². The number of nitrogens with zero attached hydrogens (tertiary/aromatic N) is 3. The highest BCUT2D eigenvalue weighted by Gasteiger charge is 2.08. The second-order valence-corrected chi connectivity index (χ2v) is 6.00. The zero-order chi connectivity index (χ0) is 15.5. The lowest BCUT2D eigenvalue weighted by molar-refractivity contribution is 0.483. The highest BCUT2D eigenvalue weighted by atomic mass is 32.2. The van der Waals surface area contributed by atoms with Crippen molar-refractivity contribution in [3.05, 3.63) is 48.5 Å². The molecule has 0 heterocycles. The van der Waals surface area contributed by atoms with E-state index < -0.39 is 10.1 Å². The minimum Gasteiger partial charge on any atom is -0.378 e. The summed E-state index contributed by atoms with van der Waals surface area (Å²) in [4.78, 5) is 1.79. The lowest BCUT2D eigenvalue weighted by Gasteiger charge is -2.11. The van der Waals surface area contributed by atoms with Crippen LogP contribution in [0.5, 0.6) is 0 Å². The fourth-order valence-corrected chi connectivity index (χ4v) is 2.11. The van der Waals surface area contributed by atoms with Gasteiger partial charge in [0.15, 0.2) is 0 Å². The molecule has 0 atom stereocenters. The van der Waals surface area contributed by atoms with Crippen molar-refractivity contribution in [1.82, 2.24) is 0 Å². The first-order chi connectivity index (χ1) is 9.86. The van der Waals surface area contributed by atoms with Gasteiger partial charge in [0.25, 0.3) is 10.1 Å². The molecule has 2 rings (SSSR count). The molecule has 6 nitrogen and oxygen atoms in total. The summed E-state index contributed by atoms with van der Waals surface area (Å²) in [7, 11) is -0.310. The van der Waals surface area contributed by atoms with E-state index in [1.165, 1.54) is 24.3 Å². The lowest BCUT2D eigenvalue weighted by atomic mass is 10.3. The molecule has 0 saturated heterocycles. The summed E-state index contributed by atoms with van der Waals surface area (Å²) in [6.45, 7) is 0. The number of anilines is 1. The van der Waals surface area contributed by atoms with Crippen LogP contribution in [0.25, 0.3) is 0 Å². The molecule has 0 saturated carbocycles. The number of benzene rings is 2. The Kier molecular flexibility index (Phi) is 4.35. The van der Waals surface area contributed by atoms with Crippen molar-refractivity contribution < 1.29 is 13.0 Å². The van der Waals surface area contributed by atoms with Gasteiger partial charge in [-0.3, -0.25) is 4.55 Å². The number of hydrogen-bond donors (Lipinski definition) is 1. The first-order valence-electron chi connectivity index (χ1n) is 6.13. The zero-order valence-electron chi connectivity index (χ0n) is 11.6. The van der Waals surface area contributed by atoms with Gasteiger partial charge in [0, 0.05) is 19.8 Å². The van der Waals surface area contributed by atoms with Gasteiger partial charge >= 0.3 is 0 Å². The van der Waals surface area contributed by atoms with Crippen molar-refractivity contribution in [2.45, 2.75) is 4.90 Å². The zero-order valence-corrected chi connectivity index (χ0v) is 12.4. The third-order valence-corrected chi connectivity index (χ3v) is 3.63. The minimum absolute atomic E-state index is 0.170.